The second-order valence-corrected chi connectivity index (χ2v) is 4.05. The number of hydrogen-bond acceptors (Lipinski definition) is 5. The number of aromatic nitrogens is 2. The number of anilines is 2. The molecule has 0 fully saturated rings. The summed E-state index contributed by atoms with van der Waals surface area (Å²) >= 11 is 0. The number of aryl methyl sites for hydroxylation is 1. The fourth-order valence-electron chi connectivity index (χ4n) is 1.35. The molecule has 4 N–H and O–H groups in total. The number of nitrogens with zero attached hydrogens (tertiary/aromatic N) is 2. The van der Waals surface area contributed by atoms with Gasteiger partial charge in [-0.25, -0.2) is 9.97 Å². The molecule has 0 saturated heterocycles. The zero-order valence-electron chi connectivity index (χ0n) is 10.2. The molecule has 0 aromatic carbocycles. The molecule has 0 unspecified atom stereocenters. The molecule has 90 valence electrons. The lowest BCUT2D eigenvalue weighted by atomic mass is 10.3. The summed E-state index contributed by atoms with van der Waals surface area (Å²) in [6.45, 7) is 7.58. The van der Waals surface area contributed by atoms with Crippen molar-refractivity contribution in [3.05, 3.63) is 11.9 Å². The third kappa shape index (κ3) is 4.44. The van der Waals surface area contributed by atoms with Crippen LogP contribution in [0.25, 0.3) is 0 Å². The SMILES string of the molecule is Cc1nc(NCCCN)cc(NC(C)C)n1. The first-order valence-electron chi connectivity index (χ1n) is 5.68. The quantitative estimate of drug-likeness (QED) is 0.635. The van der Waals surface area contributed by atoms with E-state index in [1.54, 1.807) is 0 Å². The van der Waals surface area contributed by atoms with Crippen molar-refractivity contribution in [3.8, 4) is 0 Å². The maximum absolute atomic E-state index is 5.43. The van der Waals surface area contributed by atoms with Gasteiger partial charge in [-0.2, -0.15) is 0 Å². The van der Waals surface area contributed by atoms with E-state index in [0.717, 1.165) is 30.4 Å². The molecule has 0 radical (unpaired) electrons. The Morgan fingerprint density at radius 1 is 1.31 bits per heavy atom. The van der Waals surface area contributed by atoms with Crippen molar-refractivity contribution < 1.29 is 0 Å². The Labute approximate surface area is 96.9 Å². The van der Waals surface area contributed by atoms with Crippen LogP contribution in [-0.2, 0) is 0 Å². The third-order valence-electron chi connectivity index (χ3n) is 1.96. The third-order valence-corrected chi connectivity index (χ3v) is 1.96. The van der Waals surface area contributed by atoms with Crippen LogP contribution in [0.5, 0.6) is 0 Å². The van der Waals surface area contributed by atoms with Gasteiger partial charge in [-0.3, -0.25) is 0 Å². The number of hydrogen-bond donors (Lipinski definition) is 3. The minimum Gasteiger partial charge on any atom is -0.370 e. The maximum atomic E-state index is 5.43. The van der Waals surface area contributed by atoms with E-state index in [1.807, 2.05) is 13.0 Å². The predicted molar refractivity (Wildman–Crippen MR) is 67.7 cm³/mol. The maximum Gasteiger partial charge on any atom is 0.131 e. The van der Waals surface area contributed by atoms with E-state index in [9.17, 15) is 0 Å². The number of rotatable bonds is 6. The summed E-state index contributed by atoms with van der Waals surface area (Å²) in [7, 11) is 0. The van der Waals surface area contributed by atoms with Crippen LogP contribution in [0.4, 0.5) is 11.6 Å². The van der Waals surface area contributed by atoms with Crippen molar-refractivity contribution in [2.24, 2.45) is 5.73 Å². The molecule has 1 aromatic heterocycles. The van der Waals surface area contributed by atoms with Crippen LogP contribution in [-0.4, -0.2) is 29.1 Å². The smallest absolute Gasteiger partial charge is 0.131 e. The van der Waals surface area contributed by atoms with Gasteiger partial charge < -0.3 is 16.4 Å². The van der Waals surface area contributed by atoms with Gasteiger partial charge in [0.05, 0.1) is 0 Å². The van der Waals surface area contributed by atoms with E-state index in [2.05, 4.69) is 34.4 Å². The Morgan fingerprint density at radius 2 is 2.00 bits per heavy atom. The minimum atomic E-state index is 0.367. The van der Waals surface area contributed by atoms with Crippen LogP contribution < -0.4 is 16.4 Å². The monoisotopic (exact) mass is 223 g/mol. The molecule has 0 aliphatic heterocycles. The molecule has 0 aliphatic carbocycles. The average Bonchev–Trinajstić information content (AvgIpc) is 2.16. The summed E-state index contributed by atoms with van der Waals surface area (Å²) in [6.07, 6.45) is 0.940. The number of nitrogens with one attached hydrogen (secondary N) is 2. The van der Waals surface area contributed by atoms with E-state index in [0.29, 0.717) is 12.6 Å². The topological polar surface area (TPSA) is 75.9 Å². The predicted octanol–water partition coefficient (Wildman–Crippen LogP) is 1.37. The fourth-order valence-corrected chi connectivity index (χ4v) is 1.35. The molecule has 0 spiro atoms. The minimum absolute atomic E-state index is 0.367. The van der Waals surface area contributed by atoms with Crippen LogP contribution >= 0.6 is 0 Å². The van der Waals surface area contributed by atoms with E-state index < -0.39 is 0 Å². The van der Waals surface area contributed by atoms with Crippen LogP contribution in [0.1, 0.15) is 26.1 Å². The van der Waals surface area contributed by atoms with Crippen molar-refractivity contribution >= 4 is 11.6 Å². The molecule has 1 rings (SSSR count). The molecular formula is C11H21N5. The normalized spacial score (nSPS) is 10.6. The Bertz CT molecular complexity index is 324. The molecule has 0 amide bonds. The summed E-state index contributed by atoms with van der Waals surface area (Å²) in [5.74, 6) is 2.47. The highest BCUT2D eigenvalue weighted by Crippen LogP contribution is 2.11. The fraction of sp³-hybridized carbons (Fsp3) is 0.636. The van der Waals surface area contributed by atoms with Gasteiger partial charge >= 0.3 is 0 Å². The zero-order valence-corrected chi connectivity index (χ0v) is 10.2. The molecule has 1 aromatic rings. The molecular weight excluding hydrogens is 202 g/mol. The summed E-state index contributed by atoms with van der Waals surface area (Å²) in [5, 5.41) is 6.49. The van der Waals surface area contributed by atoms with Crippen LogP contribution in [0.3, 0.4) is 0 Å². The molecule has 0 saturated carbocycles. The lowest BCUT2D eigenvalue weighted by Crippen LogP contribution is -2.14. The first kappa shape index (κ1) is 12.7. The first-order valence-corrected chi connectivity index (χ1v) is 5.68. The zero-order chi connectivity index (χ0) is 12.0. The molecule has 0 atom stereocenters. The van der Waals surface area contributed by atoms with Crippen molar-refractivity contribution in [3.63, 3.8) is 0 Å². The van der Waals surface area contributed by atoms with Gasteiger partial charge in [0.15, 0.2) is 0 Å². The van der Waals surface area contributed by atoms with Gasteiger partial charge in [0, 0.05) is 18.7 Å². The van der Waals surface area contributed by atoms with Gasteiger partial charge in [0.25, 0.3) is 0 Å². The van der Waals surface area contributed by atoms with Crippen LogP contribution in [0, 0.1) is 6.92 Å². The average molecular weight is 223 g/mol. The first-order chi connectivity index (χ1) is 7.61. The van der Waals surface area contributed by atoms with Crippen molar-refractivity contribution in [2.75, 3.05) is 23.7 Å². The number of nitrogens with two attached hydrogens (primary N) is 1. The summed E-state index contributed by atoms with van der Waals surface area (Å²) in [5.41, 5.74) is 5.43. The van der Waals surface area contributed by atoms with Crippen molar-refractivity contribution in [1.82, 2.24) is 9.97 Å². The highest BCUT2D eigenvalue weighted by molar-refractivity contribution is 5.47. The second-order valence-electron chi connectivity index (χ2n) is 4.05. The van der Waals surface area contributed by atoms with Gasteiger partial charge in [0.2, 0.25) is 0 Å². The van der Waals surface area contributed by atoms with Gasteiger partial charge in [-0.05, 0) is 33.7 Å². The summed E-state index contributed by atoms with van der Waals surface area (Å²) in [6, 6.07) is 2.29. The van der Waals surface area contributed by atoms with Gasteiger partial charge in [0.1, 0.15) is 17.5 Å². The molecule has 5 heteroatoms. The standard InChI is InChI=1S/C11H21N5/c1-8(2)14-11-7-10(13-6-4-5-12)15-9(3)16-11/h7-8H,4-6,12H2,1-3H3,(H2,13,14,15,16). The van der Waals surface area contributed by atoms with Crippen molar-refractivity contribution in [2.45, 2.75) is 33.2 Å². The van der Waals surface area contributed by atoms with E-state index in [4.69, 9.17) is 5.73 Å². The summed E-state index contributed by atoms with van der Waals surface area (Å²) < 4.78 is 0. The lowest BCUT2D eigenvalue weighted by molar-refractivity contribution is 0.861. The molecule has 0 aliphatic rings. The van der Waals surface area contributed by atoms with Gasteiger partial charge in [-0.15, -0.1) is 0 Å². The van der Waals surface area contributed by atoms with Crippen LogP contribution in [0.2, 0.25) is 0 Å². The molecule has 0 bridgehead atoms. The van der Waals surface area contributed by atoms with Gasteiger partial charge in [-0.1, -0.05) is 0 Å². The van der Waals surface area contributed by atoms with E-state index in [1.165, 1.54) is 0 Å². The van der Waals surface area contributed by atoms with Crippen LogP contribution in [0.15, 0.2) is 6.07 Å². The molecule has 1 heterocycles. The van der Waals surface area contributed by atoms with E-state index >= 15 is 0 Å². The highest BCUT2D eigenvalue weighted by Gasteiger charge is 2.02. The summed E-state index contributed by atoms with van der Waals surface area (Å²) in [4.78, 5) is 8.63. The lowest BCUT2D eigenvalue weighted by Gasteiger charge is -2.11. The Kier molecular flexibility index (Phi) is 4.98. The van der Waals surface area contributed by atoms with Crippen molar-refractivity contribution in [1.29, 1.82) is 0 Å². The Morgan fingerprint density at radius 3 is 2.62 bits per heavy atom. The highest BCUT2D eigenvalue weighted by atomic mass is 15.1. The largest absolute Gasteiger partial charge is 0.370 e. The Hall–Kier alpha value is -1.36. The Balaban J connectivity index is 2.65. The molecule has 16 heavy (non-hydrogen) atoms. The van der Waals surface area contributed by atoms with E-state index in [-0.39, 0.29) is 0 Å². The molecule has 5 nitrogen and oxygen atoms in total. The second kappa shape index (κ2) is 6.27.